The first kappa shape index (κ1) is 19.9. The van der Waals surface area contributed by atoms with E-state index in [0.717, 1.165) is 6.07 Å². The SMILES string of the molecule is CCOc1ccc(S(=O)(=O)NCCC(=O)NC(C)C)cc1C(N)=O. The van der Waals surface area contributed by atoms with Gasteiger partial charge in [-0.2, -0.15) is 0 Å². The van der Waals surface area contributed by atoms with Crippen molar-refractivity contribution in [3.05, 3.63) is 23.8 Å². The molecule has 2 amide bonds. The molecule has 0 bridgehead atoms. The van der Waals surface area contributed by atoms with Gasteiger partial charge in [-0.25, -0.2) is 13.1 Å². The number of sulfonamides is 1. The highest BCUT2D eigenvalue weighted by Gasteiger charge is 2.19. The summed E-state index contributed by atoms with van der Waals surface area (Å²) in [4.78, 5) is 22.8. The van der Waals surface area contributed by atoms with E-state index < -0.39 is 15.9 Å². The van der Waals surface area contributed by atoms with Gasteiger partial charge in [0, 0.05) is 19.0 Å². The second-order valence-corrected chi connectivity index (χ2v) is 7.09. The van der Waals surface area contributed by atoms with Gasteiger partial charge in [0.1, 0.15) is 5.75 Å². The third-order valence-electron chi connectivity index (χ3n) is 2.92. The van der Waals surface area contributed by atoms with Crippen LogP contribution in [0.25, 0.3) is 0 Å². The largest absolute Gasteiger partial charge is 0.493 e. The fourth-order valence-electron chi connectivity index (χ4n) is 1.93. The molecule has 8 nitrogen and oxygen atoms in total. The number of nitrogens with one attached hydrogen (secondary N) is 2. The van der Waals surface area contributed by atoms with Crippen LogP contribution in [0.5, 0.6) is 5.75 Å². The fraction of sp³-hybridized carbons (Fsp3) is 0.467. The molecule has 0 unspecified atom stereocenters. The van der Waals surface area contributed by atoms with Crippen LogP contribution in [0.15, 0.2) is 23.1 Å². The van der Waals surface area contributed by atoms with Gasteiger partial charge in [0.15, 0.2) is 0 Å². The summed E-state index contributed by atoms with van der Waals surface area (Å²) < 4.78 is 32.1. The molecule has 0 atom stereocenters. The van der Waals surface area contributed by atoms with Crippen molar-refractivity contribution in [1.29, 1.82) is 0 Å². The van der Waals surface area contributed by atoms with Gasteiger partial charge in [-0.3, -0.25) is 9.59 Å². The number of nitrogens with two attached hydrogens (primary N) is 1. The summed E-state index contributed by atoms with van der Waals surface area (Å²) >= 11 is 0. The molecule has 4 N–H and O–H groups in total. The highest BCUT2D eigenvalue weighted by Crippen LogP contribution is 2.22. The molecule has 0 aliphatic heterocycles. The number of ether oxygens (including phenoxy) is 1. The minimum absolute atomic E-state index is 0.0110. The van der Waals surface area contributed by atoms with Crippen molar-refractivity contribution in [2.45, 2.75) is 38.1 Å². The topological polar surface area (TPSA) is 128 Å². The first-order valence-corrected chi connectivity index (χ1v) is 9.01. The summed E-state index contributed by atoms with van der Waals surface area (Å²) in [7, 11) is -3.87. The van der Waals surface area contributed by atoms with Gasteiger partial charge in [0.05, 0.1) is 17.1 Å². The number of hydrogen-bond acceptors (Lipinski definition) is 5. The van der Waals surface area contributed by atoms with Gasteiger partial charge in [0.2, 0.25) is 15.9 Å². The smallest absolute Gasteiger partial charge is 0.252 e. The number of benzene rings is 1. The molecular weight excluding hydrogens is 334 g/mol. The Kier molecular flexibility index (Phi) is 7.18. The van der Waals surface area contributed by atoms with Crippen LogP contribution in [0.3, 0.4) is 0 Å². The highest BCUT2D eigenvalue weighted by molar-refractivity contribution is 7.89. The molecule has 0 aromatic heterocycles. The maximum atomic E-state index is 12.2. The Morgan fingerprint density at radius 3 is 2.50 bits per heavy atom. The average Bonchev–Trinajstić information content (AvgIpc) is 2.46. The molecule has 24 heavy (non-hydrogen) atoms. The number of carbonyl (C=O) groups excluding carboxylic acids is 2. The summed E-state index contributed by atoms with van der Waals surface area (Å²) in [6.45, 7) is 5.62. The van der Waals surface area contributed by atoms with Gasteiger partial charge >= 0.3 is 0 Å². The summed E-state index contributed by atoms with van der Waals surface area (Å²) in [5, 5.41) is 2.66. The molecule has 0 aliphatic rings. The van der Waals surface area contributed by atoms with Crippen molar-refractivity contribution in [1.82, 2.24) is 10.0 Å². The fourth-order valence-corrected chi connectivity index (χ4v) is 2.98. The first-order chi connectivity index (χ1) is 11.2. The van der Waals surface area contributed by atoms with E-state index in [1.807, 2.05) is 13.8 Å². The van der Waals surface area contributed by atoms with E-state index in [2.05, 4.69) is 10.0 Å². The summed E-state index contributed by atoms with van der Waals surface area (Å²) in [6, 6.07) is 3.83. The van der Waals surface area contributed by atoms with E-state index in [1.54, 1.807) is 6.92 Å². The average molecular weight is 357 g/mol. The van der Waals surface area contributed by atoms with Gasteiger partial charge in [-0.05, 0) is 39.0 Å². The van der Waals surface area contributed by atoms with Crippen LogP contribution < -0.4 is 20.5 Å². The summed E-state index contributed by atoms with van der Waals surface area (Å²) in [5.41, 5.74) is 5.24. The molecule has 0 aliphatic carbocycles. The number of hydrogen-bond donors (Lipinski definition) is 3. The van der Waals surface area contributed by atoms with Crippen molar-refractivity contribution in [2.75, 3.05) is 13.2 Å². The van der Waals surface area contributed by atoms with Crippen LogP contribution in [0, 0.1) is 0 Å². The second kappa shape index (κ2) is 8.65. The van der Waals surface area contributed by atoms with Gasteiger partial charge in [0.25, 0.3) is 5.91 Å². The molecular formula is C15H23N3O5S. The van der Waals surface area contributed by atoms with Crippen LogP contribution in [-0.2, 0) is 14.8 Å². The predicted octanol–water partition coefficient (Wildman–Crippen LogP) is 0.377. The van der Waals surface area contributed by atoms with Crippen molar-refractivity contribution in [3.63, 3.8) is 0 Å². The molecule has 1 aromatic carbocycles. The van der Waals surface area contributed by atoms with Crippen LogP contribution in [0.1, 0.15) is 37.6 Å². The van der Waals surface area contributed by atoms with E-state index >= 15 is 0 Å². The van der Waals surface area contributed by atoms with Crippen molar-refractivity contribution in [2.24, 2.45) is 5.73 Å². The van der Waals surface area contributed by atoms with E-state index in [9.17, 15) is 18.0 Å². The molecule has 9 heteroatoms. The third kappa shape index (κ3) is 5.82. The zero-order chi connectivity index (χ0) is 18.3. The Balaban J connectivity index is 2.85. The minimum atomic E-state index is -3.87. The highest BCUT2D eigenvalue weighted by atomic mass is 32.2. The van der Waals surface area contributed by atoms with Gasteiger partial charge < -0.3 is 15.8 Å². The molecule has 0 saturated carbocycles. The van der Waals surface area contributed by atoms with Crippen molar-refractivity contribution < 1.29 is 22.7 Å². The Labute approximate surface area is 141 Å². The van der Waals surface area contributed by atoms with E-state index in [0.29, 0.717) is 6.61 Å². The third-order valence-corrected chi connectivity index (χ3v) is 4.38. The Bertz CT molecular complexity index is 701. The maximum Gasteiger partial charge on any atom is 0.252 e. The minimum Gasteiger partial charge on any atom is -0.493 e. The van der Waals surface area contributed by atoms with Gasteiger partial charge in [-0.15, -0.1) is 0 Å². The Morgan fingerprint density at radius 2 is 1.96 bits per heavy atom. The molecule has 0 saturated heterocycles. The molecule has 1 aromatic rings. The monoisotopic (exact) mass is 357 g/mol. The van der Waals surface area contributed by atoms with Crippen LogP contribution in [0.2, 0.25) is 0 Å². The quantitative estimate of drug-likeness (QED) is 0.588. The zero-order valence-corrected chi connectivity index (χ0v) is 14.8. The van der Waals surface area contributed by atoms with E-state index in [4.69, 9.17) is 10.5 Å². The number of rotatable bonds is 9. The molecule has 0 radical (unpaired) electrons. The molecule has 134 valence electrons. The second-order valence-electron chi connectivity index (χ2n) is 5.33. The van der Waals surface area contributed by atoms with E-state index in [1.165, 1.54) is 12.1 Å². The lowest BCUT2D eigenvalue weighted by Gasteiger charge is -2.12. The van der Waals surface area contributed by atoms with Crippen molar-refractivity contribution >= 4 is 21.8 Å². The summed E-state index contributed by atoms with van der Waals surface area (Å²) in [6.07, 6.45) is 0.0110. The molecule has 0 spiro atoms. The standard InChI is InChI=1S/C15H23N3O5S/c1-4-23-13-6-5-11(9-12(13)15(16)20)24(21,22)17-8-7-14(19)18-10(2)3/h5-6,9-10,17H,4,7-8H2,1-3H3,(H2,16,20)(H,18,19). The molecule has 0 fully saturated rings. The van der Waals surface area contributed by atoms with Crippen LogP contribution in [0.4, 0.5) is 0 Å². The Hall–Kier alpha value is -2.13. The number of primary amides is 1. The zero-order valence-electron chi connectivity index (χ0n) is 14.0. The number of amides is 2. The summed E-state index contributed by atoms with van der Waals surface area (Å²) in [5.74, 6) is -0.815. The Morgan fingerprint density at radius 1 is 1.29 bits per heavy atom. The maximum absolute atomic E-state index is 12.2. The predicted molar refractivity (Wildman–Crippen MR) is 89.2 cm³/mol. The normalized spacial score (nSPS) is 11.3. The molecule has 0 heterocycles. The lowest BCUT2D eigenvalue weighted by Crippen LogP contribution is -2.34. The van der Waals surface area contributed by atoms with E-state index in [-0.39, 0.29) is 41.1 Å². The van der Waals surface area contributed by atoms with Crippen LogP contribution >= 0.6 is 0 Å². The lowest BCUT2D eigenvalue weighted by molar-refractivity contribution is -0.121. The number of carbonyl (C=O) groups is 2. The van der Waals surface area contributed by atoms with Gasteiger partial charge in [-0.1, -0.05) is 0 Å². The lowest BCUT2D eigenvalue weighted by atomic mass is 10.2. The van der Waals surface area contributed by atoms with Crippen molar-refractivity contribution in [3.8, 4) is 5.75 Å². The molecule has 1 rings (SSSR count). The first-order valence-electron chi connectivity index (χ1n) is 7.53. The van der Waals surface area contributed by atoms with Crippen LogP contribution in [-0.4, -0.2) is 39.4 Å².